The molecule has 74 valence electrons. The van der Waals surface area contributed by atoms with E-state index < -0.39 is 18.9 Å². The van der Waals surface area contributed by atoms with Gasteiger partial charge in [-0.15, -0.1) is 5.10 Å². The predicted octanol–water partition coefficient (Wildman–Crippen LogP) is 0.761. The first kappa shape index (κ1) is 9.75. The van der Waals surface area contributed by atoms with Crippen LogP contribution in [-0.2, 0) is 6.54 Å². The van der Waals surface area contributed by atoms with E-state index in [2.05, 4.69) is 10.3 Å². The number of nitrogens with two attached hydrogens (primary N) is 1. The van der Waals surface area contributed by atoms with E-state index in [9.17, 15) is 17.6 Å². The zero-order chi connectivity index (χ0) is 10.1. The van der Waals surface area contributed by atoms with Crippen LogP contribution in [0.2, 0.25) is 0 Å². The highest BCUT2D eigenvalue weighted by atomic mass is 19.3. The monoisotopic (exact) mass is 198 g/mol. The number of anilines is 1. The Hall–Kier alpha value is -1.34. The Morgan fingerprint density at radius 1 is 1.54 bits per heavy atom. The highest BCUT2D eigenvalue weighted by molar-refractivity contribution is 5.19. The smallest absolute Gasteiger partial charge is 0.326 e. The Morgan fingerprint density at radius 2 is 2.15 bits per heavy atom. The van der Waals surface area contributed by atoms with Crippen LogP contribution in [-0.4, -0.2) is 27.3 Å². The number of aromatic nitrogens is 3. The van der Waals surface area contributed by atoms with Gasteiger partial charge in [0.05, 0.1) is 6.20 Å². The van der Waals surface area contributed by atoms with Gasteiger partial charge in [0.15, 0.2) is 5.82 Å². The van der Waals surface area contributed by atoms with Crippen molar-refractivity contribution in [1.29, 1.82) is 0 Å². The van der Waals surface area contributed by atoms with Gasteiger partial charge < -0.3 is 5.73 Å². The summed E-state index contributed by atoms with van der Waals surface area (Å²) < 4.78 is 48.6. The maximum atomic E-state index is 12.4. The normalized spacial score (nSPS) is 12.4. The third-order valence-electron chi connectivity index (χ3n) is 1.25. The van der Waals surface area contributed by atoms with Crippen molar-refractivity contribution in [1.82, 2.24) is 15.0 Å². The summed E-state index contributed by atoms with van der Waals surface area (Å²) in [6.07, 6.45) is -2.77. The molecule has 13 heavy (non-hydrogen) atoms. The fourth-order valence-corrected chi connectivity index (χ4v) is 0.676. The lowest BCUT2D eigenvalue weighted by Crippen LogP contribution is -2.32. The first-order valence-corrected chi connectivity index (χ1v) is 3.23. The molecule has 0 saturated carbocycles. The second-order valence-corrected chi connectivity index (χ2v) is 2.40. The Bertz CT molecular complexity index is 284. The lowest BCUT2D eigenvalue weighted by molar-refractivity contribution is -0.139. The molecule has 1 aromatic rings. The lowest BCUT2D eigenvalue weighted by Gasteiger charge is -2.13. The van der Waals surface area contributed by atoms with Gasteiger partial charge in [0.25, 0.3) is 0 Å². The molecule has 0 aliphatic heterocycles. The first-order chi connectivity index (χ1) is 5.92. The maximum Gasteiger partial charge on any atom is 0.326 e. The van der Waals surface area contributed by atoms with Crippen LogP contribution in [0.4, 0.5) is 23.4 Å². The van der Waals surface area contributed by atoms with Gasteiger partial charge in [0.1, 0.15) is 6.54 Å². The molecule has 0 atom stereocenters. The molecule has 0 unspecified atom stereocenters. The second kappa shape index (κ2) is 3.19. The molecule has 0 fully saturated rings. The minimum absolute atomic E-state index is 0.0925. The van der Waals surface area contributed by atoms with E-state index in [1.165, 1.54) is 0 Å². The molecular weight excluding hydrogens is 192 g/mol. The lowest BCUT2D eigenvalue weighted by atomic mass is 10.3. The molecule has 4 nitrogen and oxygen atoms in total. The van der Waals surface area contributed by atoms with E-state index in [1.54, 1.807) is 0 Å². The predicted molar refractivity (Wildman–Crippen MR) is 35.4 cm³/mol. The molecule has 0 radical (unpaired) electrons. The number of nitrogen functional groups attached to an aromatic ring is 1. The average molecular weight is 198 g/mol. The Kier molecular flexibility index (Phi) is 2.39. The van der Waals surface area contributed by atoms with Gasteiger partial charge in [-0.25, -0.2) is 13.5 Å². The van der Waals surface area contributed by atoms with Crippen LogP contribution in [0.5, 0.6) is 0 Å². The fraction of sp³-hybridized carbons (Fsp3) is 0.600. The summed E-state index contributed by atoms with van der Waals surface area (Å²) >= 11 is 0. The number of hydrogen-bond donors (Lipinski definition) is 1. The standard InChI is InChI=1S/C5H6F4N4/c6-4(7)5(8,9)2-13-1-3(10)11-12-13/h1,4H,2,10H2. The molecule has 0 bridgehead atoms. The van der Waals surface area contributed by atoms with Crippen LogP contribution >= 0.6 is 0 Å². The number of hydrogen-bond acceptors (Lipinski definition) is 3. The van der Waals surface area contributed by atoms with Crippen LogP contribution < -0.4 is 5.73 Å². The van der Waals surface area contributed by atoms with E-state index in [0.717, 1.165) is 6.20 Å². The Labute approximate surface area is 70.3 Å². The highest BCUT2D eigenvalue weighted by Gasteiger charge is 2.41. The average Bonchev–Trinajstić information content (AvgIpc) is 2.34. The highest BCUT2D eigenvalue weighted by Crippen LogP contribution is 2.24. The third kappa shape index (κ3) is 2.30. The van der Waals surface area contributed by atoms with Gasteiger partial charge in [-0.3, -0.25) is 0 Å². The van der Waals surface area contributed by atoms with Crippen LogP contribution in [0, 0.1) is 0 Å². The molecule has 0 amide bonds. The molecule has 1 heterocycles. The van der Waals surface area contributed by atoms with Crippen molar-refractivity contribution in [3.05, 3.63) is 6.20 Å². The number of halogens is 4. The maximum absolute atomic E-state index is 12.4. The summed E-state index contributed by atoms with van der Waals surface area (Å²) in [5.74, 6) is -4.20. The Morgan fingerprint density at radius 3 is 2.54 bits per heavy atom. The molecule has 1 rings (SSSR count). The molecule has 0 aliphatic carbocycles. The number of rotatable bonds is 3. The topological polar surface area (TPSA) is 56.7 Å². The molecule has 0 aliphatic rings. The molecule has 0 spiro atoms. The molecule has 2 N–H and O–H groups in total. The molecule has 8 heteroatoms. The minimum Gasteiger partial charge on any atom is -0.381 e. The largest absolute Gasteiger partial charge is 0.381 e. The minimum atomic E-state index is -4.11. The van der Waals surface area contributed by atoms with Crippen LogP contribution in [0.3, 0.4) is 0 Å². The quantitative estimate of drug-likeness (QED) is 0.729. The summed E-state index contributed by atoms with van der Waals surface area (Å²) in [5.41, 5.74) is 5.05. The number of alkyl halides is 4. The first-order valence-electron chi connectivity index (χ1n) is 3.23. The van der Waals surface area contributed by atoms with Crippen LogP contribution in [0.1, 0.15) is 0 Å². The van der Waals surface area contributed by atoms with Crippen molar-refractivity contribution >= 4 is 5.82 Å². The van der Waals surface area contributed by atoms with Gasteiger partial charge in [0, 0.05) is 0 Å². The van der Waals surface area contributed by atoms with Crippen LogP contribution in [0.25, 0.3) is 0 Å². The summed E-state index contributed by atoms with van der Waals surface area (Å²) in [7, 11) is 0. The Balaban J connectivity index is 2.68. The zero-order valence-electron chi connectivity index (χ0n) is 6.29. The third-order valence-corrected chi connectivity index (χ3v) is 1.25. The van der Waals surface area contributed by atoms with Gasteiger partial charge >= 0.3 is 12.3 Å². The molecular formula is C5H6F4N4. The van der Waals surface area contributed by atoms with Gasteiger partial charge in [-0.2, -0.15) is 8.78 Å². The molecule has 0 saturated heterocycles. The summed E-state index contributed by atoms with van der Waals surface area (Å²) in [6.45, 7) is -1.23. The fourth-order valence-electron chi connectivity index (χ4n) is 0.676. The van der Waals surface area contributed by atoms with Crippen LogP contribution in [0.15, 0.2) is 6.20 Å². The second-order valence-electron chi connectivity index (χ2n) is 2.40. The summed E-state index contributed by atoms with van der Waals surface area (Å²) in [6, 6.07) is 0. The summed E-state index contributed by atoms with van der Waals surface area (Å²) in [5, 5.41) is 6.28. The molecule has 0 aromatic carbocycles. The van der Waals surface area contributed by atoms with Gasteiger partial charge in [-0.05, 0) is 0 Å². The summed E-state index contributed by atoms with van der Waals surface area (Å²) in [4.78, 5) is 0. The SMILES string of the molecule is Nc1cn(CC(F)(F)C(F)F)nn1. The van der Waals surface area contributed by atoms with Crippen molar-refractivity contribution in [3.8, 4) is 0 Å². The van der Waals surface area contributed by atoms with E-state index in [-0.39, 0.29) is 5.82 Å². The van der Waals surface area contributed by atoms with Crippen molar-refractivity contribution < 1.29 is 17.6 Å². The van der Waals surface area contributed by atoms with Crippen molar-refractivity contribution in [2.24, 2.45) is 0 Å². The van der Waals surface area contributed by atoms with E-state index in [0.29, 0.717) is 4.68 Å². The number of nitrogens with zero attached hydrogens (tertiary/aromatic N) is 3. The van der Waals surface area contributed by atoms with Gasteiger partial charge in [0.2, 0.25) is 0 Å². The van der Waals surface area contributed by atoms with E-state index in [4.69, 9.17) is 5.73 Å². The van der Waals surface area contributed by atoms with E-state index in [1.807, 2.05) is 0 Å². The molecule has 1 aromatic heterocycles. The van der Waals surface area contributed by atoms with E-state index >= 15 is 0 Å². The zero-order valence-corrected chi connectivity index (χ0v) is 6.29. The van der Waals surface area contributed by atoms with Crippen molar-refractivity contribution in [3.63, 3.8) is 0 Å². The van der Waals surface area contributed by atoms with Gasteiger partial charge in [-0.1, -0.05) is 5.21 Å². The van der Waals surface area contributed by atoms with Crippen molar-refractivity contribution in [2.75, 3.05) is 5.73 Å². The van der Waals surface area contributed by atoms with Crippen molar-refractivity contribution in [2.45, 2.75) is 18.9 Å².